The molecule has 6 nitrogen and oxygen atoms in total. The van der Waals surface area contributed by atoms with Gasteiger partial charge in [-0.15, -0.1) is 0 Å². The van der Waals surface area contributed by atoms with Crippen molar-refractivity contribution in [3.8, 4) is 0 Å². The highest BCUT2D eigenvalue weighted by atomic mass is 32.3. The van der Waals surface area contributed by atoms with Gasteiger partial charge in [-0.3, -0.25) is 9.11 Å². The monoisotopic (exact) mass is 212 g/mol. The molecule has 0 bridgehead atoms. The van der Waals surface area contributed by atoms with Gasteiger partial charge in [-0.05, 0) is 37.8 Å². The number of hydrogen-bond acceptors (Lipinski definition) is 4. The summed E-state index contributed by atoms with van der Waals surface area (Å²) >= 11 is 0. The second-order valence-corrected chi connectivity index (χ2v) is 3.91. The molecule has 0 unspecified atom stereocenters. The topological polar surface area (TPSA) is 127 Å². The van der Waals surface area contributed by atoms with Crippen molar-refractivity contribution < 1.29 is 17.5 Å². The highest BCUT2D eigenvalue weighted by molar-refractivity contribution is 7.79. The first-order chi connectivity index (χ1) is 5.88. The minimum absolute atomic E-state index is 0.750. The molecule has 80 valence electrons. The van der Waals surface area contributed by atoms with E-state index < -0.39 is 10.4 Å². The van der Waals surface area contributed by atoms with Crippen LogP contribution in [0.25, 0.3) is 0 Å². The van der Waals surface area contributed by atoms with Crippen LogP contribution < -0.4 is 11.5 Å². The van der Waals surface area contributed by atoms with Gasteiger partial charge in [0.15, 0.2) is 0 Å². The van der Waals surface area contributed by atoms with E-state index in [0.29, 0.717) is 0 Å². The molecule has 0 spiro atoms. The van der Waals surface area contributed by atoms with Crippen molar-refractivity contribution in [1.29, 1.82) is 0 Å². The van der Waals surface area contributed by atoms with Crippen LogP contribution in [0, 0.1) is 11.8 Å². The molecule has 1 rings (SSSR count). The van der Waals surface area contributed by atoms with Gasteiger partial charge in [0.05, 0.1) is 0 Å². The molecule has 0 amide bonds. The third-order valence-electron chi connectivity index (χ3n) is 2.18. The largest absolute Gasteiger partial charge is 0.394 e. The van der Waals surface area contributed by atoms with Gasteiger partial charge in [0, 0.05) is 0 Å². The Balaban J connectivity index is 0.000000252. The maximum Gasteiger partial charge on any atom is 0.394 e. The van der Waals surface area contributed by atoms with Gasteiger partial charge in [-0.25, -0.2) is 0 Å². The maximum absolute atomic E-state index is 8.74. The second kappa shape index (κ2) is 5.51. The van der Waals surface area contributed by atoms with Crippen LogP contribution in [0.5, 0.6) is 0 Å². The van der Waals surface area contributed by atoms with Crippen LogP contribution >= 0.6 is 0 Å². The second-order valence-electron chi connectivity index (χ2n) is 3.02. The van der Waals surface area contributed by atoms with Crippen LogP contribution in [0.2, 0.25) is 0 Å². The standard InChI is InChI=1S/C6H14N2.H2O4S/c7-3-5-1-2-6(5)4-8;1-5(2,3)4/h5-6H,1-4,7-8H2;(H2,1,2,3,4)/t5-,6-;/m0./s1. The van der Waals surface area contributed by atoms with Crippen molar-refractivity contribution in [1.82, 2.24) is 0 Å². The summed E-state index contributed by atoms with van der Waals surface area (Å²) in [6.07, 6.45) is 2.61. The molecular weight excluding hydrogens is 196 g/mol. The van der Waals surface area contributed by atoms with E-state index in [2.05, 4.69) is 0 Å². The Morgan fingerprint density at radius 2 is 1.31 bits per heavy atom. The molecule has 0 saturated heterocycles. The van der Waals surface area contributed by atoms with E-state index in [0.717, 1.165) is 24.9 Å². The van der Waals surface area contributed by atoms with Crippen molar-refractivity contribution in [3.63, 3.8) is 0 Å². The lowest BCUT2D eigenvalue weighted by atomic mass is 9.74. The molecule has 0 aromatic rings. The van der Waals surface area contributed by atoms with E-state index in [1.54, 1.807) is 0 Å². The zero-order chi connectivity index (χ0) is 10.5. The first-order valence-electron chi connectivity index (χ1n) is 3.98. The Morgan fingerprint density at radius 3 is 1.38 bits per heavy atom. The van der Waals surface area contributed by atoms with Crippen LogP contribution in [-0.4, -0.2) is 30.6 Å². The third kappa shape index (κ3) is 6.91. The smallest absolute Gasteiger partial charge is 0.330 e. The lowest BCUT2D eigenvalue weighted by molar-refractivity contribution is 0.192. The minimum atomic E-state index is -4.67. The zero-order valence-electron chi connectivity index (χ0n) is 7.26. The minimum Gasteiger partial charge on any atom is -0.330 e. The van der Waals surface area contributed by atoms with Crippen LogP contribution in [-0.2, 0) is 10.4 Å². The van der Waals surface area contributed by atoms with E-state index in [1.165, 1.54) is 12.8 Å². The van der Waals surface area contributed by atoms with E-state index in [9.17, 15) is 0 Å². The van der Waals surface area contributed by atoms with E-state index in [1.807, 2.05) is 0 Å². The molecule has 1 aliphatic rings. The summed E-state index contributed by atoms with van der Waals surface area (Å²) in [5.74, 6) is 1.50. The number of hydrogen-bond donors (Lipinski definition) is 4. The maximum atomic E-state index is 8.74. The van der Waals surface area contributed by atoms with E-state index >= 15 is 0 Å². The third-order valence-corrected chi connectivity index (χ3v) is 2.18. The fraction of sp³-hybridized carbons (Fsp3) is 1.00. The van der Waals surface area contributed by atoms with E-state index in [-0.39, 0.29) is 0 Å². The molecule has 0 aliphatic heterocycles. The van der Waals surface area contributed by atoms with Crippen LogP contribution in [0.1, 0.15) is 12.8 Å². The van der Waals surface area contributed by atoms with E-state index in [4.69, 9.17) is 29.0 Å². The molecule has 1 saturated carbocycles. The predicted molar refractivity (Wildman–Crippen MR) is 48.5 cm³/mol. The number of nitrogens with two attached hydrogens (primary N) is 2. The fourth-order valence-electron chi connectivity index (χ4n) is 1.26. The molecular formula is C6H16N2O4S. The zero-order valence-corrected chi connectivity index (χ0v) is 8.07. The van der Waals surface area contributed by atoms with Gasteiger partial charge >= 0.3 is 10.4 Å². The average Bonchev–Trinajstić information content (AvgIpc) is 1.83. The van der Waals surface area contributed by atoms with Gasteiger partial charge in [-0.1, -0.05) is 0 Å². The average molecular weight is 212 g/mol. The summed E-state index contributed by atoms with van der Waals surface area (Å²) < 4.78 is 31.6. The molecule has 0 radical (unpaired) electrons. The Bertz CT molecular complexity index is 207. The molecule has 2 atom stereocenters. The summed E-state index contributed by atoms with van der Waals surface area (Å²) in [7, 11) is -4.67. The molecule has 6 N–H and O–H groups in total. The highest BCUT2D eigenvalue weighted by Crippen LogP contribution is 2.31. The molecule has 13 heavy (non-hydrogen) atoms. The van der Waals surface area contributed by atoms with Gasteiger partial charge < -0.3 is 11.5 Å². The summed E-state index contributed by atoms with van der Waals surface area (Å²) in [5, 5.41) is 0. The van der Waals surface area contributed by atoms with Gasteiger partial charge in [0.2, 0.25) is 0 Å². The van der Waals surface area contributed by atoms with Crippen molar-refractivity contribution in [2.24, 2.45) is 23.3 Å². The Morgan fingerprint density at radius 1 is 1.08 bits per heavy atom. The SMILES string of the molecule is NC[C@@H]1CC[C@H]1CN.O=S(=O)(O)O. The van der Waals surface area contributed by atoms with Gasteiger partial charge in [0.1, 0.15) is 0 Å². The van der Waals surface area contributed by atoms with Crippen LogP contribution in [0.3, 0.4) is 0 Å². The van der Waals surface area contributed by atoms with Crippen molar-refractivity contribution in [2.45, 2.75) is 12.8 Å². The van der Waals surface area contributed by atoms with Gasteiger partial charge in [0.25, 0.3) is 0 Å². The molecule has 7 heteroatoms. The van der Waals surface area contributed by atoms with Crippen molar-refractivity contribution in [2.75, 3.05) is 13.1 Å². The summed E-state index contributed by atoms with van der Waals surface area (Å²) in [6, 6.07) is 0. The Labute approximate surface area is 77.9 Å². The normalized spacial score (nSPS) is 27.1. The molecule has 0 aromatic heterocycles. The lowest BCUT2D eigenvalue weighted by Crippen LogP contribution is -2.36. The molecule has 0 aromatic carbocycles. The van der Waals surface area contributed by atoms with Gasteiger partial charge in [-0.2, -0.15) is 8.42 Å². The molecule has 1 fully saturated rings. The summed E-state index contributed by atoms with van der Waals surface area (Å²) in [6.45, 7) is 1.67. The van der Waals surface area contributed by atoms with Crippen LogP contribution in [0.15, 0.2) is 0 Å². The Kier molecular flexibility index (Phi) is 5.42. The predicted octanol–water partition coefficient (Wildman–Crippen LogP) is -0.723. The quantitative estimate of drug-likeness (QED) is 0.447. The van der Waals surface area contributed by atoms with Crippen molar-refractivity contribution >= 4 is 10.4 Å². The summed E-state index contributed by atoms with van der Waals surface area (Å²) in [4.78, 5) is 0. The fourth-order valence-corrected chi connectivity index (χ4v) is 1.26. The Hall–Kier alpha value is -0.210. The first-order valence-corrected chi connectivity index (χ1v) is 5.38. The molecule has 0 heterocycles. The highest BCUT2D eigenvalue weighted by Gasteiger charge is 2.27. The molecule has 1 aliphatic carbocycles. The number of rotatable bonds is 2. The lowest BCUT2D eigenvalue weighted by Gasteiger charge is -2.34. The summed E-state index contributed by atoms with van der Waals surface area (Å²) in [5.41, 5.74) is 10.9. The van der Waals surface area contributed by atoms with Crippen LogP contribution in [0.4, 0.5) is 0 Å². The first kappa shape index (κ1) is 12.8. The van der Waals surface area contributed by atoms with Crippen molar-refractivity contribution in [3.05, 3.63) is 0 Å².